The molecule has 0 aromatic heterocycles. The predicted octanol–water partition coefficient (Wildman–Crippen LogP) is 4.21. The number of sulfone groups is 1. The lowest BCUT2D eigenvalue weighted by Crippen LogP contribution is -2.58. The van der Waals surface area contributed by atoms with E-state index in [-0.39, 0.29) is 42.3 Å². The molecule has 0 aliphatic carbocycles. The van der Waals surface area contributed by atoms with Gasteiger partial charge >= 0.3 is 0 Å². The lowest BCUT2D eigenvalue weighted by atomic mass is 9.94. The van der Waals surface area contributed by atoms with Gasteiger partial charge in [-0.2, -0.15) is 0 Å². The Morgan fingerprint density at radius 1 is 0.941 bits per heavy atom. The minimum atomic E-state index is -4.06. The fourth-order valence-electron chi connectivity index (χ4n) is 4.03. The highest BCUT2D eigenvalue weighted by molar-refractivity contribution is 7.93. The number of nitrogens with one attached hydrogen (secondary N) is 1. The second-order valence-corrected chi connectivity index (χ2v) is 11.0. The van der Waals surface area contributed by atoms with Crippen LogP contribution >= 0.6 is 12.4 Å². The average molecular weight is 513 g/mol. The molecular weight excluding hydrogens is 480 g/mol. The second kappa shape index (κ2) is 11.4. The molecular formula is C24H33ClN2O6S. The first kappa shape index (κ1) is 27.9. The molecule has 1 fully saturated rings. The molecule has 2 N–H and O–H groups in total. The first-order valence-corrected chi connectivity index (χ1v) is 12.6. The van der Waals surface area contributed by atoms with Gasteiger partial charge in [0.15, 0.2) is 14.6 Å². The van der Waals surface area contributed by atoms with Crippen LogP contribution in [0.4, 0.5) is 0 Å². The number of piperidine rings is 1. The van der Waals surface area contributed by atoms with Gasteiger partial charge in [0.1, 0.15) is 17.2 Å². The number of rotatable bonds is 8. The van der Waals surface area contributed by atoms with Crippen molar-refractivity contribution < 1.29 is 27.9 Å². The maximum Gasteiger partial charge on any atom is 0.265 e. The molecule has 1 saturated heterocycles. The molecule has 1 aliphatic rings. The van der Waals surface area contributed by atoms with Crippen LogP contribution in [0.5, 0.6) is 17.2 Å². The van der Waals surface area contributed by atoms with E-state index in [2.05, 4.69) is 4.90 Å². The summed E-state index contributed by atoms with van der Waals surface area (Å²) in [4.78, 5) is 14.7. The van der Waals surface area contributed by atoms with Crippen molar-refractivity contribution in [2.45, 2.75) is 62.3 Å². The van der Waals surface area contributed by atoms with E-state index in [1.807, 2.05) is 27.7 Å². The molecule has 0 bridgehead atoms. The number of likely N-dealkylation sites (tertiary alicyclic amines) is 1. The van der Waals surface area contributed by atoms with Gasteiger partial charge in [0.25, 0.3) is 5.91 Å². The van der Waals surface area contributed by atoms with Crippen LogP contribution in [0.25, 0.3) is 0 Å². The third-order valence-electron chi connectivity index (χ3n) is 5.93. The number of amides is 1. The number of benzene rings is 2. The van der Waals surface area contributed by atoms with Gasteiger partial charge in [-0.1, -0.05) is 0 Å². The van der Waals surface area contributed by atoms with E-state index in [9.17, 15) is 18.4 Å². The number of nitrogens with zero attached hydrogens (tertiary/aromatic N) is 1. The maximum absolute atomic E-state index is 13.5. The van der Waals surface area contributed by atoms with E-state index >= 15 is 0 Å². The summed E-state index contributed by atoms with van der Waals surface area (Å²) in [5.74, 6) is 0.880. The van der Waals surface area contributed by atoms with E-state index in [1.165, 1.54) is 12.1 Å². The predicted molar refractivity (Wildman–Crippen MR) is 132 cm³/mol. The third-order valence-corrected chi connectivity index (χ3v) is 8.45. The molecule has 10 heteroatoms. The van der Waals surface area contributed by atoms with Gasteiger partial charge in [-0.05, 0) is 89.1 Å². The Kier molecular flexibility index (Phi) is 9.36. The molecule has 2 aromatic carbocycles. The van der Waals surface area contributed by atoms with Gasteiger partial charge in [-0.3, -0.25) is 10.0 Å². The fourth-order valence-corrected chi connectivity index (χ4v) is 5.98. The van der Waals surface area contributed by atoms with Crippen molar-refractivity contribution >= 4 is 28.2 Å². The fraction of sp³-hybridized carbons (Fsp3) is 0.458. The number of hydroxylamine groups is 1. The Labute approximate surface area is 207 Å². The Hall–Kier alpha value is -2.33. The van der Waals surface area contributed by atoms with E-state index in [4.69, 9.17) is 9.47 Å². The molecule has 0 radical (unpaired) electrons. The number of halogens is 1. The van der Waals surface area contributed by atoms with Crippen molar-refractivity contribution in [1.29, 1.82) is 0 Å². The number of hydrogen-bond acceptors (Lipinski definition) is 7. The molecule has 8 nitrogen and oxygen atoms in total. The summed E-state index contributed by atoms with van der Waals surface area (Å²) in [7, 11) is -4.06. The van der Waals surface area contributed by atoms with E-state index < -0.39 is 20.5 Å². The lowest BCUT2D eigenvalue weighted by Gasteiger charge is -2.40. The molecule has 3 rings (SSSR count). The normalized spacial score (nSPS) is 16.1. The molecule has 0 saturated carbocycles. The zero-order valence-electron chi connectivity index (χ0n) is 19.9. The summed E-state index contributed by atoms with van der Waals surface area (Å²) in [6.07, 6.45) is 0.270. The summed E-state index contributed by atoms with van der Waals surface area (Å²) in [6, 6.07) is 13.4. The lowest BCUT2D eigenvalue weighted by molar-refractivity contribution is -0.133. The zero-order valence-corrected chi connectivity index (χ0v) is 21.5. The van der Waals surface area contributed by atoms with E-state index in [0.29, 0.717) is 24.6 Å². The number of ether oxygens (including phenoxy) is 2. The largest absolute Gasteiger partial charge is 0.491 e. The van der Waals surface area contributed by atoms with Crippen molar-refractivity contribution in [3.05, 3.63) is 48.5 Å². The van der Waals surface area contributed by atoms with Crippen LogP contribution in [0.1, 0.15) is 40.5 Å². The highest BCUT2D eigenvalue weighted by atomic mass is 35.5. The topological polar surface area (TPSA) is 105 Å². The third kappa shape index (κ3) is 5.83. The molecule has 188 valence electrons. The van der Waals surface area contributed by atoms with Crippen LogP contribution in [-0.4, -0.2) is 54.4 Å². The molecule has 1 heterocycles. The van der Waals surface area contributed by atoms with Crippen LogP contribution in [0.2, 0.25) is 0 Å². The Bertz CT molecular complexity index is 1050. The van der Waals surface area contributed by atoms with E-state index in [1.54, 1.807) is 41.9 Å². The van der Waals surface area contributed by atoms with E-state index in [0.717, 1.165) is 5.75 Å². The van der Waals surface area contributed by atoms with Crippen molar-refractivity contribution in [1.82, 2.24) is 10.4 Å². The van der Waals surface area contributed by atoms with Gasteiger partial charge in [-0.15, -0.1) is 12.4 Å². The van der Waals surface area contributed by atoms with Gasteiger partial charge in [0.2, 0.25) is 0 Å². The van der Waals surface area contributed by atoms with Crippen LogP contribution in [0.15, 0.2) is 53.4 Å². The number of carbonyl (C=O) groups is 1. The number of hydrogen-bond donors (Lipinski definition) is 2. The second-order valence-electron chi connectivity index (χ2n) is 8.78. The summed E-state index contributed by atoms with van der Waals surface area (Å²) in [6.45, 7) is 8.84. The van der Waals surface area contributed by atoms with Gasteiger partial charge in [0, 0.05) is 19.1 Å². The molecule has 2 aromatic rings. The van der Waals surface area contributed by atoms with Crippen LogP contribution < -0.4 is 15.0 Å². The van der Waals surface area contributed by atoms with Crippen molar-refractivity contribution in [3.63, 3.8) is 0 Å². The maximum atomic E-state index is 13.5. The first-order chi connectivity index (χ1) is 15.6. The zero-order chi connectivity index (χ0) is 24.2. The monoisotopic (exact) mass is 512 g/mol. The summed E-state index contributed by atoms with van der Waals surface area (Å²) in [5, 5.41) is 9.31. The SMILES string of the molecule is CC(C)Oc1ccc(Oc2ccc(S(=O)(=O)C3(C(=O)NO)CCN(C(C)C)CC3)cc2)cc1.Cl. The first-order valence-electron chi connectivity index (χ1n) is 11.1. The standard InChI is InChI=1S/C24H32N2O6S.ClH/c1-17(2)26-15-13-24(14-16-26,23(27)25-28)33(29,30)22-11-9-21(10-12-22)32-20-7-5-19(6-8-20)31-18(3)4;/h5-12,17-18,28H,13-16H2,1-4H3,(H,25,27);1H. The highest BCUT2D eigenvalue weighted by Crippen LogP contribution is 2.37. The average Bonchev–Trinajstić information content (AvgIpc) is 2.79. The van der Waals surface area contributed by atoms with Crippen molar-refractivity contribution in [3.8, 4) is 17.2 Å². The van der Waals surface area contributed by atoms with Gasteiger partial charge in [-0.25, -0.2) is 13.9 Å². The molecule has 0 spiro atoms. The summed E-state index contributed by atoms with van der Waals surface area (Å²) in [5.41, 5.74) is 1.58. The molecule has 1 aliphatic heterocycles. The Morgan fingerprint density at radius 3 is 1.85 bits per heavy atom. The number of carbonyl (C=O) groups excluding carboxylic acids is 1. The minimum absolute atomic E-state index is 0. The van der Waals surface area contributed by atoms with Crippen LogP contribution in [0, 0.1) is 0 Å². The molecule has 0 unspecified atom stereocenters. The smallest absolute Gasteiger partial charge is 0.265 e. The summed E-state index contributed by atoms with van der Waals surface area (Å²) >= 11 is 0. The quantitative estimate of drug-likeness (QED) is 0.403. The van der Waals surface area contributed by atoms with Crippen molar-refractivity contribution in [2.24, 2.45) is 0 Å². The van der Waals surface area contributed by atoms with Gasteiger partial charge < -0.3 is 14.4 Å². The van der Waals surface area contributed by atoms with Gasteiger partial charge in [0.05, 0.1) is 11.0 Å². The molecule has 0 atom stereocenters. The minimum Gasteiger partial charge on any atom is -0.491 e. The van der Waals surface area contributed by atoms with Crippen LogP contribution in [0.3, 0.4) is 0 Å². The van der Waals surface area contributed by atoms with Crippen LogP contribution in [-0.2, 0) is 14.6 Å². The molecule has 1 amide bonds. The Balaban J connectivity index is 0.00000408. The highest BCUT2D eigenvalue weighted by Gasteiger charge is 2.53. The molecule has 34 heavy (non-hydrogen) atoms. The Morgan fingerprint density at radius 2 is 1.41 bits per heavy atom. The van der Waals surface area contributed by atoms with Crippen molar-refractivity contribution in [2.75, 3.05) is 13.1 Å². The summed E-state index contributed by atoms with van der Waals surface area (Å²) < 4.78 is 36.8.